The first-order valence-corrected chi connectivity index (χ1v) is 11.1. The van der Waals surface area contributed by atoms with Crippen molar-refractivity contribution in [1.29, 1.82) is 0 Å². The van der Waals surface area contributed by atoms with Crippen molar-refractivity contribution < 1.29 is 9.90 Å². The molecule has 9 heteroatoms. The van der Waals surface area contributed by atoms with E-state index < -0.39 is 5.91 Å². The molecule has 4 aromatic rings. The number of carbonyl (C=O) groups is 1. The molecule has 0 radical (unpaired) electrons. The fraction of sp³-hybridized carbons (Fsp3) is 0.318. The van der Waals surface area contributed by atoms with Gasteiger partial charge in [0.15, 0.2) is 5.65 Å². The van der Waals surface area contributed by atoms with Crippen LogP contribution in [0.4, 0.5) is 5.82 Å². The van der Waals surface area contributed by atoms with Gasteiger partial charge in [0, 0.05) is 32.7 Å². The maximum atomic E-state index is 13.4. The summed E-state index contributed by atoms with van der Waals surface area (Å²) in [6, 6.07) is 11.5. The quantitative estimate of drug-likeness (QED) is 0.503. The van der Waals surface area contributed by atoms with E-state index in [4.69, 9.17) is 10.1 Å². The van der Waals surface area contributed by atoms with E-state index in [9.17, 15) is 9.59 Å². The summed E-state index contributed by atoms with van der Waals surface area (Å²) in [5.74, 6) is 0.356. The molecule has 160 valence electrons. The number of anilines is 1. The Hall–Kier alpha value is -3.01. The molecule has 4 heterocycles. The van der Waals surface area contributed by atoms with Gasteiger partial charge in [-0.05, 0) is 31.3 Å². The second kappa shape index (κ2) is 7.92. The highest BCUT2D eigenvalue weighted by atomic mass is 32.1. The number of pyridine rings is 2. The summed E-state index contributed by atoms with van der Waals surface area (Å²) in [5, 5.41) is 12.1. The molecule has 2 N–H and O–H groups in total. The van der Waals surface area contributed by atoms with E-state index in [0.717, 1.165) is 42.2 Å². The van der Waals surface area contributed by atoms with Crippen LogP contribution in [0.2, 0.25) is 0 Å². The van der Waals surface area contributed by atoms with Gasteiger partial charge in [-0.2, -0.15) is 0 Å². The normalized spacial score (nSPS) is 15.2. The number of hydrogen-bond acceptors (Lipinski definition) is 7. The van der Waals surface area contributed by atoms with Gasteiger partial charge >= 0.3 is 0 Å². The fourth-order valence-corrected chi connectivity index (χ4v) is 5.23. The largest absolute Gasteiger partial charge is 0.395 e. The molecule has 31 heavy (non-hydrogen) atoms. The summed E-state index contributed by atoms with van der Waals surface area (Å²) in [5.41, 5.74) is 1.23. The molecule has 1 aromatic carbocycles. The average Bonchev–Trinajstić information content (AvgIpc) is 3.17. The molecule has 1 saturated heterocycles. The van der Waals surface area contributed by atoms with Crippen molar-refractivity contribution in [2.24, 2.45) is 0 Å². The smallest absolute Gasteiger partial charge is 0.258 e. The van der Waals surface area contributed by atoms with Crippen LogP contribution in [0.25, 0.3) is 26.1 Å². The lowest BCUT2D eigenvalue weighted by Crippen LogP contribution is -2.44. The lowest BCUT2D eigenvalue weighted by molar-refractivity contribution is 0.0945. The summed E-state index contributed by atoms with van der Waals surface area (Å²) < 4.78 is 2.89. The molecule has 8 nitrogen and oxygen atoms in total. The van der Waals surface area contributed by atoms with E-state index in [1.165, 1.54) is 11.3 Å². The predicted molar refractivity (Wildman–Crippen MR) is 123 cm³/mol. The Morgan fingerprint density at radius 1 is 1.16 bits per heavy atom. The van der Waals surface area contributed by atoms with Crippen LogP contribution in [0.3, 0.4) is 0 Å². The number of rotatable bonds is 4. The van der Waals surface area contributed by atoms with Crippen LogP contribution in [0.5, 0.6) is 0 Å². The molecule has 1 aliphatic heterocycles. The molecule has 5 rings (SSSR count). The molecule has 0 saturated carbocycles. The number of aliphatic hydroxyl groups is 1. The number of likely N-dealkylation sites (N-methyl/N-ethyl adjacent to an activating group) is 1. The highest BCUT2D eigenvalue weighted by Crippen LogP contribution is 2.31. The first kappa shape index (κ1) is 19.9. The fourth-order valence-electron chi connectivity index (χ4n) is 4.05. The van der Waals surface area contributed by atoms with Gasteiger partial charge in [-0.15, -0.1) is 11.3 Å². The topological polar surface area (TPSA) is 90.2 Å². The highest BCUT2D eigenvalue weighted by molar-refractivity contribution is 7.24. The summed E-state index contributed by atoms with van der Waals surface area (Å²) in [7, 11) is 2.11. The zero-order valence-corrected chi connectivity index (χ0v) is 18.0. The zero-order valence-electron chi connectivity index (χ0n) is 17.2. The van der Waals surface area contributed by atoms with Gasteiger partial charge in [0.2, 0.25) is 5.43 Å². The molecule has 0 atom stereocenters. The lowest BCUT2D eigenvalue weighted by Gasteiger charge is -2.33. The van der Waals surface area contributed by atoms with Crippen molar-refractivity contribution in [2.75, 3.05) is 51.3 Å². The van der Waals surface area contributed by atoms with Gasteiger partial charge in [0.1, 0.15) is 16.2 Å². The lowest BCUT2D eigenvalue weighted by atomic mass is 10.1. The number of para-hydroxylation sites is 1. The predicted octanol–water partition coefficient (Wildman–Crippen LogP) is 1.54. The zero-order chi connectivity index (χ0) is 21.5. The monoisotopic (exact) mass is 437 g/mol. The van der Waals surface area contributed by atoms with E-state index in [2.05, 4.69) is 22.2 Å². The van der Waals surface area contributed by atoms with Crippen LogP contribution in [0, 0.1) is 0 Å². The SMILES string of the molecule is CN1CCN(c2ccc3c(=O)c(C(=O)NCCO)c4sc5ccccc5n4c3n2)CC1. The number of piperazine rings is 1. The van der Waals surface area contributed by atoms with E-state index in [0.29, 0.717) is 15.9 Å². The van der Waals surface area contributed by atoms with Crippen molar-refractivity contribution >= 4 is 49.1 Å². The molecule has 0 spiro atoms. The van der Waals surface area contributed by atoms with E-state index in [-0.39, 0.29) is 24.1 Å². The molecule has 0 aliphatic carbocycles. The summed E-state index contributed by atoms with van der Waals surface area (Å²) >= 11 is 1.40. The van der Waals surface area contributed by atoms with Gasteiger partial charge in [-0.3, -0.25) is 14.0 Å². The molecule has 1 amide bonds. The highest BCUT2D eigenvalue weighted by Gasteiger charge is 2.23. The van der Waals surface area contributed by atoms with Crippen molar-refractivity contribution in [3.05, 3.63) is 52.2 Å². The third kappa shape index (κ3) is 3.34. The minimum absolute atomic E-state index is 0.0912. The van der Waals surface area contributed by atoms with E-state index in [1.807, 2.05) is 34.7 Å². The minimum Gasteiger partial charge on any atom is -0.395 e. The van der Waals surface area contributed by atoms with E-state index >= 15 is 0 Å². The van der Waals surface area contributed by atoms with Crippen molar-refractivity contribution in [3.63, 3.8) is 0 Å². The van der Waals surface area contributed by atoms with Crippen LogP contribution in [-0.2, 0) is 0 Å². The number of thiazole rings is 1. The van der Waals surface area contributed by atoms with Crippen LogP contribution < -0.4 is 15.6 Å². The van der Waals surface area contributed by atoms with Crippen LogP contribution in [0.15, 0.2) is 41.2 Å². The Kier molecular flexibility index (Phi) is 5.09. The maximum absolute atomic E-state index is 13.4. The number of hydrogen-bond donors (Lipinski definition) is 2. The number of amides is 1. The average molecular weight is 438 g/mol. The van der Waals surface area contributed by atoms with Crippen LogP contribution >= 0.6 is 11.3 Å². The van der Waals surface area contributed by atoms with Gasteiger partial charge < -0.3 is 20.2 Å². The second-order valence-corrected chi connectivity index (χ2v) is 8.76. The molecular weight excluding hydrogens is 414 g/mol. The summed E-state index contributed by atoms with van der Waals surface area (Å²) in [6.07, 6.45) is 0. The number of carbonyl (C=O) groups excluding carboxylic acids is 1. The van der Waals surface area contributed by atoms with Gasteiger partial charge in [-0.1, -0.05) is 12.1 Å². The molecule has 3 aromatic heterocycles. The molecular formula is C22H23N5O3S. The van der Waals surface area contributed by atoms with Gasteiger partial charge in [0.25, 0.3) is 5.91 Å². The number of benzene rings is 1. The number of fused-ring (bicyclic) bond motifs is 5. The maximum Gasteiger partial charge on any atom is 0.258 e. The van der Waals surface area contributed by atoms with Crippen molar-refractivity contribution in [1.82, 2.24) is 19.6 Å². The van der Waals surface area contributed by atoms with E-state index in [1.54, 1.807) is 6.07 Å². The Bertz CT molecular complexity index is 1350. The Morgan fingerprint density at radius 2 is 1.94 bits per heavy atom. The third-order valence-corrected chi connectivity index (χ3v) is 6.87. The molecule has 1 fully saturated rings. The number of aromatic nitrogens is 2. The summed E-state index contributed by atoms with van der Waals surface area (Å²) in [4.78, 5) is 36.2. The first-order chi connectivity index (χ1) is 15.1. The number of nitrogens with one attached hydrogen (secondary N) is 1. The Morgan fingerprint density at radius 3 is 2.71 bits per heavy atom. The second-order valence-electron chi connectivity index (χ2n) is 7.72. The Balaban J connectivity index is 1.78. The third-order valence-electron chi connectivity index (χ3n) is 5.73. The van der Waals surface area contributed by atoms with Crippen LogP contribution in [0.1, 0.15) is 10.4 Å². The van der Waals surface area contributed by atoms with Crippen molar-refractivity contribution in [2.45, 2.75) is 0 Å². The minimum atomic E-state index is -0.479. The van der Waals surface area contributed by atoms with Crippen LogP contribution in [-0.4, -0.2) is 71.7 Å². The summed E-state index contributed by atoms with van der Waals surface area (Å²) in [6.45, 7) is 3.57. The van der Waals surface area contributed by atoms with Crippen molar-refractivity contribution in [3.8, 4) is 0 Å². The first-order valence-electron chi connectivity index (χ1n) is 10.3. The molecule has 0 bridgehead atoms. The standard InChI is InChI=1S/C22H23N5O3S/c1-25-9-11-26(12-10-25)17-7-6-14-19(29)18(21(30)23-8-13-28)22-27(20(14)24-17)15-4-2-3-5-16(15)31-22/h2-7,28H,8-13H2,1H3,(H,23,30). The van der Waals surface area contributed by atoms with Gasteiger partial charge in [0.05, 0.1) is 22.2 Å². The number of aliphatic hydroxyl groups excluding tert-OH is 1. The Labute approximate surface area is 182 Å². The van der Waals surface area contributed by atoms with Gasteiger partial charge in [-0.25, -0.2) is 4.98 Å². The number of nitrogens with zero attached hydrogens (tertiary/aromatic N) is 4. The molecule has 0 unspecified atom stereocenters. The molecule has 1 aliphatic rings.